The summed E-state index contributed by atoms with van der Waals surface area (Å²) >= 11 is 4.38. The number of carbonyl (C=O) groups excluding carboxylic acids is 1. The lowest BCUT2D eigenvalue weighted by Gasteiger charge is -1.99. The van der Waals surface area contributed by atoms with Gasteiger partial charge in [0.1, 0.15) is 0 Å². The molecule has 0 aliphatic heterocycles. The summed E-state index contributed by atoms with van der Waals surface area (Å²) in [4.78, 5) is 20.2. The van der Waals surface area contributed by atoms with Crippen LogP contribution < -0.4 is 5.32 Å². The molecule has 31 heavy (non-hydrogen) atoms. The first-order chi connectivity index (χ1) is 15.2. The number of hydrogen-bond acceptors (Lipinski definition) is 7. The minimum absolute atomic E-state index is 0.126. The monoisotopic (exact) mass is 467 g/mol. The molecule has 9 heteroatoms. The maximum atomic E-state index is 12.3. The van der Waals surface area contributed by atoms with Gasteiger partial charge in [-0.15, -0.1) is 10.2 Å². The van der Waals surface area contributed by atoms with Crippen LogP contribution in [-0.4, -0.2) is 31.8 Å². The zero-order chi connectivity index (χ0) is 21.5. The highest BCUT2D eigenvalue weighted by Gasteiger charge is 2.12. The Morgan fingerprint density at radius 2 is 1.71 bits per heavy atom. The Balaban J connectivity index is 1.25. The summed E-state index contributed by atoms with van der Waals surface area (Å²) in [6.07, 6.45) is 0.768. The van der Waals surface area contributed by atoms with Crippen molar-refractivity contribution >= 4 is 45.9 Å². The normalized spacial score (nSPS) is 10.9. The van der Waals surface area contributed by atoms with Crippen LogP contribution in [0.3, 0.4) is 0 Å². The molecule has 4 rings (SSSR count). The Labute approximate surface area is 193 Å². The van der Waals surface area contributed by atoms with E-state index in [0.29, 0.717) is 5.13 Å². The highest BCUT2D eigenvalue weighted by Crippen LogP contribution is 2.28. The summed E-state index contributed by atoms with van der Waals surface area (Å²) in [5.41, 5.74) is 4.46. The van der Waals surface area contributed by atoms with E-state index in [1.54, 1.807) is 11.8 Å². The molecule has 0 fully saturated rings. The molecule has 0 aliphatic rings. The Bertz CT molecular complexity index is 1130. The van der Waals surface area contributed by atoms with Gasteiger partial charge in [-0.3, -0.25) is 10.1 Å². The van der Waals surface area contributed by atoms with Crippen molar-refractivity contribution in [2.45, 2.75) is 28.6 Å². The summed E-state index contributed by atoms with van der Waals surface area (Å²) in [5.74, 6) is 0.950. The first-order valence-electron chi connectivity index (χ1n) is 9.68. The summed E-state index contributed by atoms with van der Waals surface area (Å²) in [6.45, 7) is 2.01. The van der Waals surface area contributed by atoms with Crippen LogP contribution in [0.2, 0.25) is 0 Å². The van der Waals surface area contributed by atoms with Crippen molar-refractivity contribution in [1.29, 1.82) is 0 Å². The average Bonchev–Trinajstić information content (AvgIpc) is 3.38. The van der Waals surface area contributed by atoms with Gasteiger partial charge in [0.15, 0.2) is 9.50 Å². The lowest BCUT2D eigenvalue weighted by molar-refractivity contribution is -0.113. The van der Waals surface area contributed by atoms with E-state index < -0.39 is 0 Å². The zero-order valence-electron chi connectivity index (χ0n) is 16.9. The number of amides is 1. The number of aromatic nitrogens is 4. The summed E-state index contributed by atoms with van der Waals surface area (Å²) in [7, 11) is 0. The number of benzene rings is 2. The number of aromatic amines is 1. The number of carbonyl (C=O) groups is 1. The molecule has 2 heterocycles. The predicted octanol–water partition coefficient (Wildman–Crippen LogP) is 5.18. The van der Waals surface area contributed by atoms with Crippen LogP contribution in [0.15, 0.2) is 70.2 Å². The maximum Gasteiger partial charge on any atom is 0.236 e. The molecule has 0 aliphatic carbocycles. The van der Waals surface area contributed by atoms with Gasteiger partial charge in [-0.05, 0) is 18.1 Å². The largest absolute Gasteiger partial charge is 0.337 e. The third kappa shape index (κ3) is 6.43. The summed E-state index contributed by atoms with van der Waals surface area (Å²) in [6, 6.07) is 20.4. The standard InChI is InChI=1S/C22H21N5OS3/c1-15-18(12-16-8-4-2-5-9-16)24-20(23-15)29-14-19(28)25-21-26-27-22(31-21)30-13-17-10-6-3-7-11-17/h2-11H,12-14H2,1H3,(H,23,24)(H,25,26,28). The van der Waals surface area contributed by atoms with Crippen molar-refractivity contribution in [2.24, 2.45) is 0 Å². The van der Waals surface area contributed by atoms with E-state index in [9.17, 15) is 4.79 Å². The topological polar surface area (TPSA) is 83.6 Å². The molecule has 2 aromatic heterocycles. The van der Waals surface area contributed by atoms with Gasteiger partial charge in [0.2, 0.25) is 11.0 Å². The second kappa shape index (κ2) is 10.6. The fourth-order valence-corrected chi connectivity index (χ4v) is 5.29. The number of nitrogens with one attached hydrogen (secondary N) is 2. The molecule has 0 bridgehead atoms. The minimum Gasteiger partial charge on any atom is -0.337 e. The molecule has 158 valence electrons. The van der Waals surface area contributed by atoms with Crippen molar-refractivity contribution in [3.8, 4) is 0 Å². The van der Waals surface area contributed by atoms with Crippen LogP contribution in [0.5, 0.6) is 0 Å². The SMILES string of the molecule is Cc1[nH]c(SCC(=O)Nc2nnc(SCc3ccccc3)s2)nc1Cc1ccccc1. The van der Waals surface area contributed by atoms with Crippen molar-refractivity contribution in [3.05, 3.63) is 83.2 Å². The van der Waals surface area contributed by atoms with Crippen molar-refractivity contribution in [3.63, 3.8) is 0 Å². The van der Waals surface area contributed by atoms with E-state index in [2.05, 4.69) is 49.7 Å². The van der Waals surface area contributed by atoms with Crippen LogP contribution in [0.1, 0.15) is 22.5 Å². The second-order valence-corrected chi connectivity index (χ2v) is 9.92. The Morgan fingerprint density at radius 1 is 1.00 bits per heavy atom. The van der Waals surface area contributed by atoms with E-state index in [-0.39, 0.29) is 11.7 Å². The molecule has 4 aromatic rings. The molecule has 0 atom stereocenters. The minimum atomic E-state index is -0.126. The van der Waals surface area contributed by atoms with Gasteiger partial charge < -0.3 is 4.98 Å². The fourth-order valence-electron chi connectivity index (χ4n) is 2.82. The number of nitrogens with zero attached hydrogens (tertiary/aromatic N) is 3. The molecule has 2 aromatic carbocycles. The van der Waals surface area contributed by atoms with Crippen LogP contribution in [0.25, 0.3) is 0 Å². The highest BCUT2D eigenvalue weighted by molar-refractivity contribution is 8.00. The molecule has 0 saturated carbocycles. The molecule has 0 radical (unpaired) electrons. The van der Waals surface area contributed by atoms with Crippen LogP contribution >= 0.6 is 34.9 Å². The van der Waals surface area contributed by atoms with Crippen LogP contribution in [-0.2, 0) is 17.0 Å². The molecule has 0 spiro atoms. The van der Waals surface area contributed by atoms with E-state index in [1.165, 1.54) is 34.2 Å². The van der Waals surface area contributed by atoms with Gasteiger partial charge in [0, 0.05) is 17.9 Å². The first kappa shape index (κ1) is 21.6. The van der Waals surface area contributed by atoms with E-state index in [4.69, 9.17) is 0 Å². The zero-order valence-corrected chi connectivity index (χ0v) is 19.3. The third-order valence-corrected chi connectivity index (χ3v) is 7.29. The Morgan fingerprint density at radius 3 is 2.45 bits per heavy atom. The second-order valence-electron chi connectivity index (χ2n) is 6.76. The van der Waals surface area contributed by atoms with Crippen LogP contribution in [0, 0.1) is 6.92 Å². The smallest absolute Gasteiger partial charge is 0.236 e. The van der Waals surface area contributed by atoms with E-state index >= 15 is 0 Å². The van der Waals surface area contributed by atoms with Crippen molar-refractivity contribution < 1.29 is 4.79 Å². The molecule has 6 nitrogen and oxygen atoms in total. The number of imidazole rings is 1. The van der Waals surface area contributed by atoms with E-state index in [1.807, 2.05) is 43.3 Å². The highest BCUT2D eigenvalue weighted by atomic mass is 32.2. The maximum absolute atomic E-state index is 12.3. The number of hydrogen-bond donors (Lipinski definition) is 2. The molecule has 2 N–H and O–H groups in total. The molecular weight excluding hydrogens is 446 g/mol. The molecule has 1 amide bonds. The van der Waals surface area contributed by atoms with Gasteiger partial charge in [-0.25, -0.2) is 4.98 Å². The van der Waals surface area contributed by atoms with Crippen LogP contribution in [0.4, 0.5) is 5.13 Å². The van der Waals surface area contributed by atoms with Crippen molar-refractivity contribution in [2.75, 3.05) is 11.1 Å². The van der Waals surface area contributed by atoms with Gasteiger partial charge >= 0.3 is 0 Å². The Kier molecular flexibility index (Phi) is 7.39. The third-order valence-electron chi connectivity index (χ3n) is 4.38. The lowest BCUT2D eigenvalue weighted by Crippen LogP contribution is -2.13. The summed E-state index contributed by atoms with van der Waals surface area (Å²) in [5, 5.41) is 12.3. The predicted molar refractivity (Wildman–Crippen MR) is 128 cm³/mol. The number of anilines is 1. The summed E-state index contributed by atoms with van der Waals surface area (Å²) < 4.78 is 0.832. The molecule has 0 saturated heterocycles. The number of H-pyrrole nitrogens is 1. The average molecular weight is 468 g/mol. The van der Waals surface area contributed by atoms with E-state index in [0.717, 1.165) is 33.1 Å². The molecule has 0 unspecified atom stereocenters. The van der Waals surface area contributed by atoms with Gasteiger partial charge in [-0.1, -0.05) is 95.5 Å². The van der Waals surface area contributed by atoms with Crippen molar-refractivity contribution in [1.82, 2.24) is 20.2 Å². The number of rotatable bonds is 9. The number of aryl methyl sites for hydroxylation is 1. The van der Waals surface area contributed by atoms with Gasteiger partial charge in [0.05, 0.1) is 11.4 Å². The number of thioether (sulfide) groups is 2. The Hall–Kier alpha value is -2.62. The first-order valence-corrected chi connectivity index (χ1v) is 12.5. The van der Waals surface area contributed by atoms with Gasteiger partial charge in [-0.2, -0.15) is 0 Å². The lowest BCUT2D eigenvalue weighted by atomic mass is 10.1. The molecular formula is C22H21N5OS3. The fraction of sp³-hybridized carbons (Fsp3) is 0.182. The van der Waals surface area contributed by atoms with Gasteiger partial charge in [0.25, 0.3) is 0 Å². The quantitative estimate of drug-likeness (QED) is 0.261.